The summed E-state index contributed by atoms with van der Waals surface area (Å²) in [5.74, 6) is -1.34. The van der Waals surface area contributed by atoms with Gasteiger partial charge in [-0.1, -0.05) is 6.07 Å². The fourth-order valence-corrected chi connectivity index (χ4v) is 2.82. The van der Waals surface area contributed by atoms with Crippen molar-refractivity contribution in [2.75, 3.05) is 11.1 Å². The van der Waals surface area contributed by atoms with Gasteiger partial charge in [0.15, 0.2) is 0 Å². The van der Waals surface area contributed by atoms with E-state index in [1.807, 2.05) is 6.92 Å². The van der Waals surface area contributed by atoms with Crippen LogP contribution < -0.4 is 11.1 Å². The molecule has 0 unspecified atom stereocenters. The molecule has 3 N–H and O–H groups in total. The second-order valence-corrected chi connectivity index (χ2v) is 5.60. The number of rotatable bonds is 2. The summed E-state index contributed by atoms with van der Waals surface area (Å²) in [6.45, 7) is 1.89. The van der Waals surface area contributed by atoms with Crippen molar-refractivity contribution >= 4 is 38.6 Å². The SMILES string of the molecule is Cc1nc2cc(Nc3c(F)cccc3F)c(N)cc2s1. The summed E-state index contributed by atoms with van der Waals surface area (Å²) >= 11 is 1.52. The molecule has 0 fully saturated rings. The lowest BCUT2D eigenvalue weighted by Gasteiger charge is -2.11. The Morgan fingerprint density at radius 1 is 1.20 bits per heavy atom. The Balaban J connectivity index is 2.08. The minimum atomic E-state index is -0.668. The van der Waals surface area contributed by atoms with E-state index in [1.165, 1.54) is 29.5 Å². The Morgan fingerprint density at radius 3 is 2.60 bits per heavy atom. The second-order valence-electron chi connectivity index (χ2n) is 4.36. The number of anilines is 3. The first kappa shape index (κ1) is 12.8. The van der Waals surface area contributed by atoms with Gasteiger partial charge in [-0.05, 0) is 31.2 Å². The quantitative estimate of drug-likeness (QED) is 0.695. The van der Waals surface area contributed by atoms with Gasteiger partial charge in [0.05, 0.1) is 26.6 Å². The van der Waals surface area contributed by atoms with E-state index in [9.17, 15) is 8.78 Å². The maximum atomic E-state index is 13.6. The zero-order valence-electron chi connectivity index (χ0n) is 10.6. The van der Waals surface area contributed by atoms with Gasteiger partial charge in [0, 0.05) is 0 Å². The Kier molecular flexibility index (Phi) is 3.02. The third kappa shape index (κ3) is 2.18. The van der Waals surface area contributed by atoms with Gasteiger partial charge in [0.1, 0.15) is 17.3 Å². The molecule has 20 heavy (non-hydrogen) atoms. The van der Waals surface area contributed by atoms with Gasteiger partial charge in [-0.25, -0.2) is 13.8 Å². The van der Waals surface area contributed by atoms with Crippen LogP contribution in [0, 0.1) is 18.6 Å². The third-order valence-corrected chi connectivity index (χ3v) is 3.82. The zero-order valence-corrected chi connectivity index (χ0v) is 11.4. The molecule has 0 atom stereocenters. The lowest BCUT2D eigenvalue weighted by atomic mass is 10.2. The smallest absolute Gasteiger partial charge is 0.149 e. The van der Waals surface area contributed by atoms with E-state index in [0.29, 0.717) is 11.4 Å². The highest BCUT2D eigenvalue weighted by Gasteiger charge is 2.12. The fourth-order valence-electron chi connectivity index (χ4n) is 1.96. The number of benzene rings is 2. The number of nitrogens with one attached hydrogen (secondary N) is 1. The number of nitrogens with two attached hydrogens (primary N) is 1. The van der Waals surface area contributed by atoms with Crippen molar-refractivity contribution in [1.29, 1.82) is 0 Å². The van der Waals surface area contributed by atoms with Crippen LogP contribution in [0.2, 0.25) is 0 Å². The van der Waals surface area contributed by atoms with Gasteiger partial charge in [-0.2, -0.15) is 0 Å². The summed E-state index contributed by atoms with van der Waals surface area (Å²) < 4.78 is 28.2. The molecule has 0 aliphatic rings. The Labute approximate surface area is 118 Å². The minimum Gasteiger partial charge on any atom is -0.397 e. The van der Waals surface area contributed by atoms with Gasteiger partial charge in [-0.15, -0.1) is 11.3 Å². The molecular weight excluding hydrogens is 280 g/mol. The monoisotopic (exact) mass is 291 g/mol. The molecule has 0 amide bonds. The number of aryl methyl sites for hydroxylation is 1. The Bertz CT molecular complexity index is 778. The van der Waals surface area contributed by atoms with Gasteiger partial charge in [0.2, 0.25) is 0 Å². The molecule has 1 heterocycles. The van der Waals surface area contributed by atoms with E-state index >= 15 is 0 Å². The molecule has 0 bridgehead atoms. The van der Waals surface area contributed by atoms with Crippen molar-refractivity contribution in [2.45, 2.75) is 6.92 Å². The van der Waals surface area contributed by atoms with Crippen LogP contribution in [0.1, 0.15) is 5.01 Å². The molecular formula is C14H11F2N3S. The molecule has 3 rings (SSSR count). The second kappa shape index (κ2) is 4.72. The predicted molar refractivity (Wildman–Crippen MR) is 78.4 cm³/mol. The predicted octanol–water partition coefficient (Wildman–Crippen LogP) is 4.21. The number of nitrogen functional groups attached to an aromatic ring is 1. The van der Waals surface area contributed by atoms with E-state index < -0.39 is 11.6 Å². The molecule has 0 spiro atoms. The van der Waals surface area contributed by atoms with E-state index in [4.69, 9.17) is 5.73 Å². The molecule has 0 radical (unpaired) electrons. The third-order valence-electron chi connectivity index (χ3n) is 2.89. The first-order valence-electron chi connectivity index (χ1n) is 5.92. The molecule has 0 saturated heterocycles. The number of thiazole rings is 1. The van der Waals surface area contributed by atoms with Crippen LogP contribution in [-0.2, 0) is 0 Å². The highest BCUT2D eigenvalue weighted by atomic mass is 32.1. The highest BCUT2D eigenvalue weighted by molar-refractivity contribution is 7.18. The Hall–Kier alpha value is -2.21. The maximum absolute atomic E-state index is 13.6. The standard InChI is InChI=1S/C14H11F2N3S/c1-7-18-12-6-11(10(17)5-13(12)20-7)19-14-8(15)3-2-4-9(14)16/h2-6,19H,17H2,1H3. The molecule has 6 heteroatoms. The number of hydrogen-bond acceptors (Lipinski definition) is 4. The van der Waals surface area contributed by atoms with Crippen LogP contribution in [0.3, 0.4) is 0 Å². The van der Waals surface area contributed by atoms with Crippen molar-refractivity contribution < 1.29 is 8.78 Å². The molecule has 0 aliphatic heterocycles. The molecule has 1 aromatic heterocycles. The summed E-state index contributed by atoms with van der Waals surface area (Å²) in [5, 5.41) is 3.61. The van der Waals surface area contributed by atoms with Crippen LogP contribution in [0.5, 0.6) is 0 Å². The van der Waals surface area contributed by atoms with E-state index in [2.05, 4.69) is 10.3 Å². The summed E-state index contributed by atoms with van der Waals surface area (Å²) in [7, 11) is 0. The number of para-hydroxylation sites is 1. The van der Waals surface area contributed by atoms with Gasteiger partial charge in [-0.3, -0.25) is 0 Å². The van der Waals surface area contributed by atoms with Crippen LogP contribution >= 0.6 is 11.3 Å². The molecule has 0 saturated carbocycles. The summed E-state index contributed by atoms with van der Waals surface area (Å²) in [6.07, 6.45) is 0. The fraction of sp³-hybridized carbons (Fsp3) is 0.0714. The zero-order chi connectivity index (χ0) is 14.3. The average Bonchev–Trinajstić information content (AvgIpc) is 2.73. The minimum absolute atomic E-state index is 0.217. The van der Waals surface area contributed by atoms with E-state index in [1.54, 1.807) is 12.1 Å². The average molecular weight is 291 g/mol. The van der Waals surface area contributed by atoms with Crippen molar-refractivity contribution in [1.82, 2.24) is 4.98 Å². The van der Waals surface area contributed by atoms with Crippen LogP contribution in [0.4, 0.5) is 25.8 Å². The Morgan fingerprint density at radius 2 is 1.90 bits per heavy atom. The number of fused-ring (bicyclic) bond motifs is 1. The summed E-state index contributed by atoms with van der Waals surface area (Å²) in [6, 6.07) is 7.13. The van der Waals surface area contributed by atoms with Crippen molar-refractivity contribution in [3.63, 3.8) is 0 Å². The molecule has 102 valence electrons. The molecule has 3 nitrogen and oxygen atoms in total. The first-order chi connectivity index (χ1) is 9.54. The normalized spacial score (nSPS) is 10.9. The van der Waals surface area contributed by atoms with Crippen molar-refractivity contribution in [2.24, 2.45) is 0 Å². The summed E-state index contributed by atoms with van der Waals surface area (Å²) in [4.78, 5) is 4.34. The lowest BCUT2D eigenvalue weighted by Crippen LogP contribution is -2.00. The topological polar surface area (TPSA) is 50.9 Å². The largest absolute Gasteiger partial charge is 0.397 e. The van der Waals surface area contributed by atoms with Gasteiger partial charge < -0.3 is 11.1 Å². The molecule has 2 aromatic carbocycles. The van der Waals surface area contributed by atoms with Gasteiger partial charge >= 0.3 is 0 Å². The summed E-state index contributed by atoms with van der Waals surface area (Å²) in [5.41, 5.74) is 7.31. The van der Waals surface area contributed by atoms with Crippen LogP contribution in [0.25, 0.3) is 10.2 Å². The van der Waals surface area contributed by atoms with Crippen molar-refractivity contribution in [3.8, 4) is 0 Å². The number of nitrogens with zero attached hydrogens (tertiary/aromatic N) is 1. The van der Waals surface area contributed by atoms with Crippen LogP contribution in [-0.4, -0.2) is 4.98 Å². The lowest BCUT2D eigenvalue weighted by molar-refractivity contribution is 0.591. The van der Waals surface area contributed by atoms with E-state index in [-0.39, 0.29) is 5.69 Å². The van der Waals surface area contributed by atoms with Gasteiger partial charge in [0.25, 0.3) is 0 Å². The first-order valence-corrected chi connectivity index (χ1v) is 6.74. The molecule has 3 aromatic rings. The highest BCUT2D eigenvalue weighted by Crippen LogP contribution is 2.32. The molecule has 0 aliphatic carbocycles. The van der Waals surface area contributed by atoms with Crippen LogP contribution in [0.15, 0.2) is 30.3 Å². The maximum Gasteiger partial charge on any atom is 0.149 e. The number of halogens is 2. The number of aromatic nitrogens is 1. The number of hydrogen-bond donors (Lipinski definition) is 2. The van der Waals surface area contributed by atoms with E-state index in [0.717, 1.165) is 15.2 Å². The van der Waals surface area contributed by atoms with Crippen molar-refractivity contribution in [3.05, 3.63) is 47.0 Å².